The molecular formula is C24H30FN3O4S. The minimum atomic E-state index is -1.82. The van der Waals surface area contributed by atoms with Gasteiger partial charge in [0.05, 0.1) is 0 Å². The van der Waals surface area contributed by atoms with Gasteiger partial charge in [-0.1, -0.05) is 18.2 Å². The highest BCUT2D eigenvalue weighted by molar-refractivity contribution is 7.86. The molecule has 2 atom stereocenters. The SMILES string of the molecule is Cc1ccccc1N(C(=O)C[S@](=O)CC(=O)Nc1ccc(F)cc1)[C@@H](C)C(=O)NC(C)(C)C. The van der Waals surface area contributed by atoms with Crippen molar-refractivity contribution in [3.8, 4) is 0 Å². The van der Waals surface area contributed by atoms with Crippen LogP contribution in [0.2, 0.25) is 0 Å². The lowest BCUT2D eigenvalue weighted by Gasteiger charge is -2.32. The van der Waals surface area contributed by atoms with Crippen LogP contribution in [0.4, 0.5) is 15.8 Å². The summed E-state index contributed by atoms with van der Waals surface area (Å²) in [6.45, 7) is 8.94. The summed E-state index contributed by atoms with van der Waals surface area (Å²) in [6.07, 6.45) is 0. The van der Waals surface area contributed by atoms with Crippen molar-refractivity contribution in [3.63, 3.8) is 0 Å². The summed E-state index contributed by atoms with van der Waals surface area (Å²) in [5, 5.41) is 5.38. The number of rotatable bonds is 8. The van der Waals surface area contributed by atoms with Gasteiger partial charge in [-0.3, -0.25) is 23.5 Å². The number of para-hydroxylation sites is 1. The Hall–Kier alpha value is -3.07. The molecular weight excluding hydrogens is 445 g/mol. The van der Waals surface area contributed by atoms with Gasteiger partial charge in [0.2, 0.25) is 17.7 Å². The predicted molar refractivity (Wildman–Crippen MR) is 129 cm³/mol. The highest BCUT2D eigenvalue weighted by Gasteiger charge is 2.31. The van der Waals surface area contributed by atoms with E-state index in [4.69, 9.17) is 0 Å². The number of amides is 3. The van der Waals surface area contributed by atoms with E-state index >= 15 is 0 Å². The fourth-order valence-corrected chi connectivity index (χ4v) is 4.00. The van der Waals surface area contributed by atoms with Gasteiger partial charge in [0.25, 0.3) is 0 Å². The van der Waals surface area contributed by atoms with E-state index in [9.17, 15) is 23.0 Å². The van der Waals surface area contributed by atoms with Crippen LogP contribution in [0, 0.1) is 12.7 Å². The lowest BCUT2D eigenvalue weighted by Crippen LogP contribution is -2.54. The largest absolute Gasteiger partial charge is 0.350 e. The zero-order valence-corrected chi connectivity index (χ0v) is 20.3. The van der Waals surface area contributed by atoms with Gasteiger partial charge >= 0.3 is 0 Å². The summed E-state index contributed by atoms with van der Waals surface area (Å²) in [7, 11) is -1.82. The monoisotopic (exact) mass is 475 g/mol. The molecule has 0 bridgehead atoms. The summed E-state index contributed by atoms with van der Waals surface area (Å²) >= 11 is 0. The Morgan fingerprint density at radius 2 is 1.64 bits per heavy atom. The fraction of sp³-hybridized carbons (Fsp3) is 0.375. The fourth-order valence-electron chi connectivity index (χ4n) is 3.12. The zero-order chi connectivity index (χ0) is 24.8. The van der Waals surface area contributed by atoms with Crippen LogP contribution in [0.5, 0.6) is 0 Å². The molecule has 178 valence electrons. The second kappa shape index (κ2) is 11.2. The number of nitrogens with zero attached hydrogens (tertiary/aromatic N) is 1. The smallest absolute Gasteiger partial charge is 0.243 e. The molecule has 0 aliphatic heterocycles. The molecule has 2 aromatic rings. The summed E-state index contributed by atoms with van der Waals surface area (Å²) in [4.78, 5) is 39.5. The average molecular weight is 476 g/mol. The molecule has 0 radical (unpaired) electrons. The first-order valence-electron chi connectivity index (χ1n) is 10.5. The maximum Gasteiger partial charge on any atom is 0.243 e. The quantitative estimate of drug-likeness (QED) is 0.613. The van der Waals surface area contributed by atoms with Crippen LogP contribution in [0.25, 0.3) is 0 Å². The molecule has 0 saturated heterocycles. The first kappa shape index (κ1) is 26.2. The Kier molecular flexibility index (Phi) is 8.87. The normalized spacial score (nSPS) is 13.0. The molecule has 2 rings (SSSR count). The third-order valence-corrected chi connectivity index (χ3v) is 5.77. The molecule has 0 fully saturated rings. The topological polar surface area (TPSA) is 95.6 Å². The molecule has 0 saturated carbocycles. The van der Waals surface area contributed by atoms with E-state index in [2.05, 4.69) is 10.6 Å². The highest BCUT2D eigenvalue weighted by atomic mass is 32.2. The number of aryl methyl sites for hydroxylation is 1. The van der Waals surface area contributed by atoms with Gasteiger partial charge in [-0.25, -0.2) is 4.39 Å². The number of hydrogen-bond acceptors (Lipinski definition) is 4. The number of benzene rings is 2. The van der Waals surface area contributed by atoms with E-state index in [0.717, 1.165) is 5.56 Å². The molecule has 0 heterocycles. The van der Waals surface area contributed by atoms with Crippen molar-refractivity contribution in [2.45, 2.75) is 46.2 Å². The van der Waals surface area contributed by atoms with E-state index in [-0.39, 0.29) is 5.91 Å². The molecule has 2 aromatic carbocycles. The number of nitrogens with one attached hydrogen (secondary N) is 2. The molecule has 7 nitrogen and oxygen atoms in total. The van der Waals surface area contributed by atoms with E-state index in [1.54, 1.807) is 19.1 Å². The third-order valence-electron chi connectivity index (χ3n) is 4.61. The lowest BCUT2D eigenvalue weighted by molar-refractivity contribution is -0.126. The van der Waals surface area contributed by atoms with Crippen LogP contribution in [0.15, 0.2) is 48.5 Å². The number of carbonyl (C=O) groups is 3. The van der Waals surface area contributed by atoms with Gasteiger partial charge in [-0.2, -0.15) is 0 Å². The van der Waals surface area contributed by atoms with Crippen molar-refractivity contribution in [2.24, 2.45) is 0 Å². The molecule has 0 aromatic heterocycles. The molecule has 2 N–H and O–H groups in total. The van der Waals surface area contributed by atoms with Crippen LogP contribution in [0.3, 0.4) is 0 Å². The van der Waals surface area contributed by atoms with E-state index < -0.39 is 51.5 Å². The van der Waals surface area contributed by atoms with Gasteiger partial charge < -0.3 is 10.6 Å². The van der Waals surface area contributed by atoms with Crippen molar-refractivity contribution in [1.82, 2.24) is 5.32 Å². The van der Waals surface area contributed by atoms with Crippen LogP contribution in [0.1, 0.15) is 33.3 Å². The number of carbonyl (C=O) groups excluding carboxylic acids is 3. The summed E-state index contributed by atoms with van der Waals surface area (Å²) < 4.78 is 25.6. The van der Waals surface area contributed by atoms with Crippen molar-refractivity contribution in [1.29, 1.82) is 0 Å². The molecule has 0 spiro atoms. The second-order valence-corrected chi connectivity index (χ2v) is 10.2. The summed E-state index contributed by atoms with van der Waals surface area (Å²) in [6, 6.07) is 11.4. The Morgan fingerprint density at radius 3 is 2.21 bits per heavy atom. The maximum absolute atomic E-state index is 13.2. The Morgan fingerprint density at radius 1 is 1.03 bits per heavy atom. The van der Waals surface area contributed by atoms with Crippen LogP contribution in [-0.2, 0) is 25.2 Å². The minimum absolute atomic E-state index is 0.348. The van der Waals surface area contributed by atoms with Crippen molar-refractivity contribution in [2.75, 3.05) is 21.7 Å². The van der Waals surface area contributed by atoms with Gasteiger partial charge in [-0.05, 0) is 70.5 Å². The summed E-state index contributed by atoms with van der Waals surface area (Å²) in [5.74, 6) is -2.73. The highest BCUT2D eigenvalue weighted by Crippen LogP contribution is 2.23. The Labute approximate surface area is 196 Å². The van der Waals surface area contributed by atoms with E-state index in [0.29, 0.717) is 11.4 Å². The third kappa shape index (κ3) is 8.09. The molecule has 3 amide bonds. The second-order valence-electron chi connectivity index (χ2n) is 8.75. The van der Waals surface area contributed by atoms with E-state index in [1.165, 1.54) is 29.2 Å². The lowest BCUT2D eigenvalue weighted by atomic mass is 10.1. The molecule has 9 heteroatoms. The summed E-state index contributed by atoms with van der Waals surface area (Å²) in [5.41, 5.74) is 1.18. The van der Waals surface area contributed by atoms with Gasteiger partial charge in [0.15, 0.2) is 0 Å². The van der Waals surface area contributed by atoms with E-state index in [1.807, 2.05) is 39.8 Å². The first-order valence-corrected chi connectivity index (χ1v) is 12.0. The standard InChI is InChI=1S/C24H30FN3O4S/c1-16-8-6-7-9-20(16)28(17(2)23(31)27-24(3,4)5)22(30)15-33(32)14-21(29)26-19-12-10-18(25)11-13-19/h6-13,17H,14-15H2,1-5H3,(H,26,29)(H,27,31)/t17-,33+/m0/s1. The number of halogens is 1. The number of hydrogen-bond donors (Lipinski definition) is 2. The first-order chi connectivity index (χ1) is 15.4. The van der Waals surface area contributed by atoms with Crippen molar-refractivity contribution >= 4 is 39.9 Å². The van der Waals surface area contributed by atoms with Gasteiger partial charge in [0.1, 0.15) is 23.4 Å². The van der Waals surface area contributed by atoms with Crippen LogP contribution in [-0.4, -0.2) is 45.0 Å². The van der Waals surface area contributed by atoms with Gasteiger partial charge in [-0.15, -0.1) is 0 Å². The molecule has 0 unspecified atom stereocenters. The Bertz CT molecular complexity index is 1030. The van der Waals surface area contributed by atoms with Gasteiger partial charge in [0, 0.05) is 27.7 Å². The number of anilines is 2. The van der Waals surface area contributed by atoms with Crippen molar-refractivity contribution in [3.05, 3.63) is 59.9 Å². The van der Waals surface area contributed by atoms with Crippen LogP contribution >= 0.6 is 0 Å². The zero-order valence-electron chi connectivity index (χ0n) is 19.5. The molecule has 0 aliphatic rings. The Balaban J connectivity index is 2.14. The van der Waals surface area contributed by atoms with Crippen molar-refractivity contribution < 1.29 is 23.0 Å². The average Bonchev–Trinajstić information content (AvgIpc) is 2.69. The molecule has 0 aliphatic carbocycles. The van der Waals surface area contributed by atoms with Crippen LogP contribution < -0.4 is 15.5 Å². The maximum atomic E-state index is 13.2. The predicted octanol–water partition coefficient (Wildman–Crippen LogP) is 3.16. The minimum Gasteiger partial charge on any atom is -0.350 e. The molecule has 33 heavy (non-hydrogen) atoms.